The highest BCUT2D eigenvalue weighted by atomic mass is 16.6. The average Bonchev–Trinajstić information content (AvgIpc) is 2.80. The molecule has 1 aliphatic rings. The summed E-state index contributed by atoms with van der Waals surface area (Å²) in [5.41, 5.74) is -0.216. The molecule has 32 heavy (non-hydrogen) atoms. The molecule has 1 saturated carbocycles. The van der Waals surface area contributed by atoms with Crippen LogP contribution in [0.25, 0.3) is 0 Å². The van der Waals surface area contributed by atoms with Crippen molar-refractivity contribution in [2.75, 3.05) is 6.61 Å². The summed E-state index contributed by atoms with van der Waals surface area (Å²) in [4.78, 5) is 23.7. The van der Waals surface area contributed by atoms with E-state index >= 15 is 0 Å². The van der Waals surface area contributed by atoms with Crippen molar-refractivity contribution in [3.05, 3.63) is 28.3 Å². The quantitative estimate of drug-likeness (QED) is 0.0908. The Balaban J connectivity index is 1.82. The van der Waals surface area contributed by atoms with Crippen LogP contribution < -0.4 is 9.47 Å². The lowest BCUT2D eigenvalue weighted by atomic mass is 9.80. The maximum atomic E-state index is 12.7. The highest BCUT2D eigenvalue weighted by Crippen LogP contribution is 2.35. The first-order valence-electron chi connectivity index (χ1n) is 12.7. The number of nitrogens with zero attached hydrogens (tertiary/aromatic N) is 1. The molecule has 0 heterocycles. The highest BCUT2D eigenvalue weighted by molar-refractivity contribution is 5.76. The summed E-state index contributed by atoms with van der Waals surface area (Å²) in [5.74, 6) is 0.638. The molecule has 180 valence electrons. The predicted octanol–water partition coefficient (Wildman–Crippen LogP) is 7.63. The molecule has 0 bridgehead atoms. The number of ether oxygens (including phenoxy) is 2. The van der Waals surface area contributed by atoms with E-state index < -0.39 is 4.92 Å². The summed E-state index contributed by atoms with van der Waals surface area (Å²) in [6.07, 6.45) is 15.6. The molecule has 1 aromatic rings. The van der Waals surface area contributed by atoms with Gasteiger partial charge < -0.3 is 9.47 Å². The Morgan fingerprint density at radius 3 is 2.28 bits per heavy atom. The van der Waals surface area contributed by atoms with E-state index in [1.165, 1.54) is 63.5 Å². The van der Waals surface area contributed by atoms with E-state index in [2.05, 4.69) is 13.8 Å². The summed E-state index contributed by atoms with van der Waals surface area (Å²) < 4.78 is 11.2. The number of carbonyl (C=O) groups is 1. The minimum Gasteiger partial charge on any atom is -0.493 e. The zero-order chi connectivity index (χ0) is 23.2. The third-order valence-corrected chi connectivity index (χ3v) is 6.50. The molecule has 0 aliphatic heterocycles. The standard InChI is InChI=1S/C26H41NO5/c1-3-5-7-9-11-19-31-23-17-18-25(24(20-23)27(29)30)32-26(28)22-15-13-21(14-16-22)12-10-8-6-4-2/h17-18,20-22H,3-16,19H2,1-2H3. The van der Waals surface area contributed by atoms with Gasteiger partial charge in [0.25, 0.3) is 0 Å². The van der Waals surface area contributed by atoms with Crippen LogP contribution in [0, 0.1) is 22.0 Å². The Hall–Kier alpha value is -2.11. The Morgan fingerprint density at radius 1 is 0.969 bits per heavy atom. The Labute approximate surface area is 193 Å². The number of benzene rings is 1. The van der Waals surface area contributed by atoms with Crippen molar-refractivity contribution in [3.8, 4) is 11.5 Å². The highest BCUT2D eigenvalue weighted by Gasteiger charge is 2.29. The molecule has 0 radical (unpaired) electrons. The number of hydrogen-bond donors (Lipinski definition) is 0. The molecule has 0 amide bonds. The van der Waals surface area contributed by atoms with E-state index in [9.17, 15) is 14.9 Å². The van der Waals surface area contributed by atoms with Crippen LogP contribution in [0.1, 0.15) is 104 Å². The fraction of sp³-hybridized carbons (Fsp3) is 0.731. The number of esters is 1. The van der Waals surface area contributed by atoms with Gasteiger partial charge in [-0.05, 0) is 50.2 Å². The topological polar surface area (TPSA) is 78.7 Å². The summed E-state index contributed by atoms with van der Waals surface area (Å²) in [5, 5.41) is 11.5. The summed E-state index contributed by atoms with van der Waals surface area (Å²) >= 11 is 0. The van der Waals surface area contributed by atoms with Gasteiger partial charge in [-0.2, -0.15) is 0 Å². The molecule has 0 spiro atoms. The van der Waals surface area contributed by atoms with Gasteiger partial charge in [0.2, 0.25) is 5.75 Å². The first-order valence-corrected chi connectivity index (χ1v) is 12.7. The fourth-order valence-electron chi connectivity index (χ4n) is 4.45. The van der Waals surface area contributed by atoms with Crippen LogP contribution in [-0.4, -0.2) is 17.5 Å². The van der Waals surface area contributed by atoms with E-state index in [-0.39, 0.29) is 23.3 Å². The minimum atomic E-state index is -0.510. The summed E-state index contributed by atoms with van der Waals surface area (Å²) in [6, 6.07) is 4.50. The lowest BCUT2D eigenvalue weighted by molar-refractivity contribution is -0.385. The number of nitro groups is 1. The van der Waals surface area contributed by atoms with Crippen LogP contribution in [-0.2, 0) is 4.79 Å². The van der Waals surface area contributed by atoms with Crippen LogP contribution in [0.5, 0.6) is 11.5 Å². The van der Waals surface area contributed by atoms with Crippen molar-refractivity contribution in [1.29, 1.82) is 0 Å². The maximum Gasteiger partial charge on any atom is 0.315 e. The van der Waals surface area contributed by atoms with E-state index in [1.807, 2.05) is 0 Å². The molecular formula is C26H41NO5. The molecule has 0 aromatic heterocycles. The van der Waals surface area contributed by atoms with Gasteiger partial charge >= 0.3 is 11.7 Å². The van der Waals surface area contributed by atoms with E-state index in [0.29, 0.717) is 18.3 Å². The van der Waals surface area contributed by atoms with Crippen molar-refractivity contribution in [2.45, 2.75) is 104 Å². The van der Waals surface area contributed by atoms with E-state index in [4.69, 9.17) is 9.47 Å². The Bertz CT molecular complexity index is 697. The second kappa shape index (κ2) is 14.9. The number of rotatable bonds is 15. The van der Waals surface area contributed by atoms with Gasteiger partial charge in [-0.1, -0.05) is 71.6 Å². The normalized spacial score (nSPS) is 18.3. The molecule has 1 fully saturated rings. The lowest BCUT2D eigenvalue weighted by Gasteiger charge is -2.27. The van der Waals surface area contributed by atoms with Crippen molar-refractivity contribution in [1.82, 2.24) is 0 Å². The second-order valence-electron chi connectivity index (χ2n) is 9.14. The first kappa shape index (κ1) is 26.1. The third-order valence-electron chi connectivity index (χ3n) is 6.50. The molecule has 1 aromatic carbocycles. The van der Waals surface area contributed by atoms with Crippen molar-refractivity contribution in [3.63, 3.8) is 0 Å². The molecular weight excluding hydrogens is 406 g/mol. The van der Waals surface area contributed by atoms with Gasteiger partial charge in [-0.25, -0.2) is 0 Å². The largest absolute Gasteiger partial charge is 0.493 e. The molecule has 0 N–H and O–H groups in total. The third kappa shape index (κ3) is 9.17. The maximum absolute atomic E-state index is 12.7. The average molecular weight is 448 g/mol. The van der Waals surface area contributed by atoms with Crippen molar-refractivity contribution >= 4 is 11.7 Å². The number of nitro benzene ring substituents is 1. The van der Waals surface area contributed by atoms with Crippen molar-refractivity contribution < 1.29 is 19.2 Å². The molecule has 6 nitrogen and oxygen atoms in total. The minimum absolute atomic E-state index is 0.0111. The van der Waals surface area contributed by atoms with Gasteiger partial charge in [0.1, 0.15) is 5.75 Å². The molecule has 0 saturated heterocycles. The molecule has 2 rings (SSSR count). The predicted molar refractivity (Wildman–Crippen MR) is 127 cm³/mol. The van der Waals surface area contributed by atoms with Gasteiger partial charge in [0.15, 0.2) is 0 Å². The van der Waals surface area contributed by atoms with Crippen LogP contribution in [0.4, 0.5) is 5.69 Å². The molecule has 1 aliphatic carbocycles. The van der Waals surface area contributed by atoms with E-state index in [0.717, 1.165) is 38.5 Å². The number of hydrogen-bond acceptors (Lipinski definition) is 5. The fourth-order valence-corrected chi connectivity index (χ4v) is 4.45. The van der Waals surface area contributed by atoms with Crippen LogP contribution >= 0.6 is 0 Å². The molecule has 0 atom stereocenters. The zero-order valence-electron chi connectivity index (χ0n) is 20.0. The second-order valence-corrected chi connectivity index (χ2v) is 9.14. The Morgan fingerprint density at radius 2 is 1.62 bits per heavy atom. The smallest absolute Gasteiger partial charge is 0.315 e. The SMILES string of the molecule is CCCCCCCOc1ccc(OC(=O)C2CCC(CCCCCC)CC2)c([N+](=O)[O-])c1. The number of unbranched alkanes of at least 4 members (excludes halogenated alkanes) is 7. The van der Waals surface area contributed by atoms with Crippen LogP contribution in [0.3, 0.4) is 0 Å². The van der Waals surface area contributed by atoms with Crippen molar-refractivity contribution in [2.24, 2.45) is 11.8 Å². The molecule has 0 unspecified atom stereocenters. The van der Waals surface area contributed by atoms with Crippen LogP contribution in [0.2, 0.25) is 0 Å². The lowest BCUT2D eigenvalue weighted by Crippen LogP contribution is -2.26. The first-order chi connectivity index (χ1) is 15.5. The number of carbonyl (C=O) groups excluding carboxylic acids is 1. The van der Waals surface area contributed by atoms with Gasteiger partial charge in [-0.15, -0.1) is 0 Å². The van der Waals surface area contributed by atoms with Crippen LogP contribution in [0.15, 0.2) is 18.2 Å². The Kier molecular flexibility index (Phi) is 12.1. The van der Waals surface area contributed by atoms with E-state index in [1.54, 1.807) is 6.07 Å². The summed E-state index contributed by atoms with van der Waals surface area (Å²) in [7, 11) is 0. The van der Waals surface area contributed by atoms with Gasteiger partial charge in [0.05, 0.1) is 23.5 Å². The molecule has 6 heteroatoms. The monoisotopic (exact) mass is 447 g/mol. The van der Waals surface area contributed by atoms with Gasteiger partial charge in [-0.3, -0.25) is 14.9 Å². The van der Waals surface area contributed by atoms with Gasteiger partial charge in [0, 0.05) is 0 Å². The summed E-state index contributed by atoms with van der Waals surface area (Å²) in [6.45, 7) is 4.92. The zero-order valence-corrected chi connectivity index (χ0v) is 20.0.